The lowest BCUT2D eigenvalue weighted by Gasteiger charge is -2.08. The Bertz CT molecular complexity index is 1100. The number of anilines is 1. The van der Waals surface area contributed by atoms with Crippen molar-refractivity contribution in [2.45, 2.75) is 26.7 Å². The molecule has 3 heterocycles. The van der Waals surface area contributed by atoms with Crippen LogP contribution in [0.2, 0.25) is 0 Å². The Balaban J connectivity index is 1.31. The van der Waals surface area contributed by atoms with Gasteiger partial charge in [0.2, 0.25) is 11.8 Å². The number of benzene rings is 1. The van der Waals surface area contributed by atoms with Crippen LogP contribution in [0.15, 0.2) is 59.4 Å². The first-order valence-corrected chi connectivity index (χ1v) is 9.42. The molecule has 0 atom stereocenters. The first kappa shape index (κ1) is 19.3. The molecule has 0 saturated carbocycles. The average Bonchev–Trinajstić information content (AvgIpc) is 3.39. The van der Waals surface area contributed by atoms with Crippen LogP contribution >= 0.6 is 0 Å². The maximum Gasteiger partial charge on any atom is 0.238 e. The number of aromatic nitrogens is 5. The summed E-state index contributed by atoms with van der Waals surface area (Å²) in [6, 6.07) is 12.4. The molecule has 152 valence electrons. The Labute approximate surface area is 172 Å². The van der Waals surface area contributed by atoms with E-state index in [0.717, 1.165) is 17.0 Å². The summed E-state index contributed by atoms with van der Waals surface area (Å²) in [7, 11) is 0. The summed E-state index contributed by atoms with van der Waals surface area (Å²) in [5.41, 5.74) is 2.49. The Kier molecular flexibility index (Phi) is 5.51. The van der Waals surface area contributed by atoms with Gasteiger partial charge in [0, 0.05) is 36.1 Å². The zero-order valence-electron chi connectivity index (χ0n) is 16.6. The second kappa shape index (κ2) is 8.56. The van der Waals surface area contributed by atoms with Crippen LogP contribution in [-0.2, 0) is 11.2 Å². The maximum atomic E-state index is 12.2. The van der Waals surface area contributed by atoms with Crippen molar-refractivity contribution in [2.75, 3.05) is 5.32 Å². The van der Waals surface area contributed by atoms with Crippen LogP contribution in [0, 0.1) is 13.8 Å². The van der Waals surface area contributed by atoms with Gasteiger partial charge in [0.1, 0.15) is 11.5 Å². The molecule has 0 aliphatic carbocycles. The summed E-state index contributed by atoms with van der Waals surface area (Å²) in [5.74, 6) is 2.22. The van der Waals surface area contributed by atoms with Crippen molar-refractivity contribution in [3.8, 4) is 17.4 Å². The van der Waals surface area contributed by atoms with E-state index in [-0.39, 0.29) is 5.91 Å². The van der Waals surface area contributed by atoms with Gasteiger partial charge in [-0.1, -0.05) is 5.16 Å². The van der Waals surface area contributed by atoms with Crippen molar-refractivity contribution in [1.82, 2.24) is 25.1 Å². The van der Waals surface area contributed by atoms with Crippen LogP contribution in [0.25, 0.3) is 5.82 Å². The van der Waals surface area contributed by atoms with E-state index in [1.54, 1.807) is 53.5 Å². The van der Waals surface area contributed by atoms with Gasteiger partial charge in [0.05, 0.1) is 5.69 Å². The minimum absolute atomic E-state index is 0.0799. The quantitative estimate of drug-likeness (QED) is 0.501. The third kappa shape index (κ3) is 4.52. The standard InChI is InChI=1S/C21H20N6O3/c1-14-18(15(2)30-26-14)8-10-20(28)23-16-4-6-17(7-5-16)29-21-11-9-19(24-25-21)27-13-3-12-22-27/h3-7,9,11-13H,8,10H2,1-2H3,(H,23,28). The molecule has 9 nitrogen and oxygen atoms in total. The molecular weight excluding hydrogens is 384 g/mol. The van der Waals surface area contributed by atoms with Gasteiger partial charge in [-0.05, 0) is 56.7 Å². The zero-order valence-corrected chi connectivity index (χ0v) is 16.6. The molecule has 30 heavy (non-hydrogen) atoms. The Morgan fingerprint density at radius 1 is 1.13 bits per heavy atom. The topological polar surface area (TPSA) is 108 Å². The molecule has 0 bridgehead atoms. The lowest BCUT2D eigenvalue weighted by atomic mass is 10.1. The molecule has 1 amide bonds. The minimum Gasteiger partial charge on any atom is -0.438 e. The highest BCUT2D eigenvalue weighted by Gasteiger charge is 2.11. The van der Waals surface area contributed by atoms with E-state index in [1.165, 1.54) is 0 Å². The van der Waals surface area contributed by atoms with Crippen molar-refractivity contribution in [1.29, 1.82) is 0 Å². The fraction of sp³-hybridized carbons (Fsp3) is 0.190. The van der Waals surface area contributed by atoms with Gasteiger partial charge in [0.15, 0.2) is 5.82 Å². The largest absolute Gasteiger partial charge is 0.438 e. The number of ether oxygens (including phenoxy) is 1. The number of hydrogen-bond acceptors (Lipinski definition) is 7. The van der Waals surface area contributed by atoms with Gasteiger partial charge in [-0.25, -0.2) is 4.68 Å². The van der Waals surface area contributed by atoms with Crippen LogP contribution in [-0.4, -0.2) is 31.0 Å². The first-order chi connectivity index (χ1) is 14.6. The SMILES string of the molecule is Cc1noc(C)c1CCC(=O)Nc1ccc(Oc2ccc(-n3cccn3)nn2)cc1. The number of nitrogens with one attached hydrogen (secondary N) is 1. The van der Waals surface area contributed by atoms with Crippen LogP contribution < -0.4 is 10.1 Å². The van der Waals surface area contributed by atoms with Crippen molar-refractivity contribution in [2.24, 2.45) is 0 Å². The maximum absolute atomic E-state index is 12.2. The van der Waals surface area contributed by atoms with Gasteiger partial charge >= 0.3 is 0 Å². The first-order valence-electron chi connectivity index (χ1n) is 9.42. The minimum atomic E-state index is -0.0799. The average molecular weight is 404 g/mol. The summed E-state index contributed by atoms with van der Waals surface area (Å²) >= 11 is 0. The van der Waals surface area contributed by atoms with Crippen molar-refractivity contribution in [3.63, 3.8) is 0 Å². The molecule has 0 aliphatic heterocycles. The highest BCUT2D eigenvalue weighted by Crippen LogP contribution is 2.22. The van der Waals surface area contributed by atoms with Crippen LogP contribution in [0.4, 0.5) is 5.69 Å². The molecule has 4 rings (SSSR count). The third-order valence-corrected chi connectivity index (χ3v) is 4.51. The summed E-state index contributed by atoms with van der Waals surface area (Å²) in [6.45, 7) is 3.72. The number of carbonyl (C=O) groups excluding carboxylic acids is 1. The lowest BCUT2D eigenvalue weighted by Crippen LogP contribution is -2.12. The van der Waals surface area contributed by atoms with E-state index in [4.69, 9.17) is 9.26 Å². The second-order valence-corrected chi connectivity index (χ2v) is 6.66. The number of carbonyl (C=O) groups is 1. The highest BCUT2D eigenvalue weighted by molar-refractivity contribution is 5.90. The van der Waals surface area contributed by atoms with Gasteiger partial charge in [-0.3, -0.25) is 4.79 Å². The number of rotatable bonds is 7. The van der Waals surface area contributed by atoms with Crippen molar-refractivity contribution in [3.05, 3.63) is 71.9 Å². The van der Waals surface area contributed by atoms with E-state index in [2.05, 4.69) is 25.8 Å². The summed E-state index contributed by atoms with van der Waals surface area (Å²) in [6.07, 6.45) is 4.38. The fourth-order valence-corrected chi connectivity index (χ4v) is 2.94. The van der Waals surface area contributed by atoms with Crippen molar-refractivity contribution < 1.29 is 14.1 Å². The molecule has 0 radical (unpaired) electrons. The Hall–Kier alpha value is -4.01. The van der Waals surface area contributed by atoms with Gasteiger partial charge < -0.3 is 14.6 Å². The Morgan fingerprint density at radius 3 is 2.60 bits per heavy atom. The smallest absolute Gasteiger partial charge is 0.238 e. The molecule has 0 unspecified atom stereocenters. The van der Waals surface area contributed by atoms with E-state index >= 15 is 0 Å². The Morgan fingerprint density at radius 2 is 1.97 bits per heavy atom. The van der Waals surface area contributed by atoms with E-state index in [1.807, 2.05) is 19.9 Å². The van der Waals surface area contributed by atoms with Crippen LogP contribution in [0.3, 0.4) is 0 Å². The molecular formula is C21H20N6O3. The summed E-state index contributed by atoms with van der Waals surface area (Å²) in [4.78, 5) is 12.2. The molecule has 3 aromatic heterocycles. The predicted octanol–water partition coefficient (Wildman–Crippen LogP) is 3.63. The molecule has 4 aromatic rings. The second-order valence-electron chi connectivity index (χ2n) is 6.66. The van der Waals surface area contributed by atoms with E-state index < -0.39 is 0 Å². The predicted molar refractivity (Wildman–Crippen MR) is 109 cm³/mol. The van der Waals surface area contributed by atoms with Crippen molar-refractivity contribution >= 4 is 11.6 Å². The van der Waals surface area contributed by atoms with Gasteiger partial charge in [-0.15, -0.1) is 10.2 Å². The molecule has 0 spiro atoms. The fourth-order valence-electron chi connectivity index (χ4n) is 2.94. The summed E-state index contributed by atoms with van der Waals surface area (Å²) in [5, 5.41) is 19.0. The van der Waals surface area contributed by atoms with Crippen LogP contribution in [0.1, 0.15) is 23.4 Å². The molecule has 0 saturated heterocycles. The molecule has 1 N–H and O–H groups in total. The normalized spacial score (nSPS) is 10.7. The van der Waals surface area contributed by atoms with Crippen LogP contribution in [0.5, 0.6) is 11.6 Å². The zero-order chi connectivity index (χ0) is 20.9. The molecule has 1 aromatic carbocycles. The number of nitrogens with zero attached hydrogens (tertiary/aromatic N) is 5. The summed E-state index contributed by atoms with van der Waals surface area (Å²) < 4.78 is 12.4. The molecule has 0 aliphatic rings. The number of amides is 1. The monoisotopic (exact) mass is 404 g/mol. The van der Waals surface area contributed by atoms with E-state index in [9.17, 15) is 4.79 Å². The molecule has 0 fully saturated rings. The lowest BCUT2D eigenvalue weighted by molar-refractivity contribution is -0.116. The third-order valence-electron chi connectivity index (χ3n) is 4.51. The van der Waals surface area contributed by atoms with E-state index in [0.29, 0.717) is 36.0 Å². The highest BCUT2D eigenvalue weighted by atomic mass is 16.5. The van der Waals surface area contributed by atoms with Gasteiger partial charge in [0.25, 0.3) is 0 Å². The van der Waals surface area contributed by atoms with Gasteiger partial charge in [-0.2, -0.15) is 5.10 Å². The number of hydrogen-bond donors (Lipinski definition) is 1. The molecule has 9 heteroatoms. The number of aryl methyl sites for hydroxylation is 2.